The van der Waals surface area contributed by atoms with Gasteiger partial charge in [0.05, 0.1) is 0 Å². The van der Waals surface area contributed by atoms with E-state index in [0.29, 0.717) is 17.7 Å². The van der Waals surface area contributed by atoms with Crippen LogP contribution in [0.2, 0.25) is 0 Å². The minimum Gasteiger partial charge on any atom is -0.477 e. The number of carbonyl (C=O) groups is 2. The van der Waals surface area contributed by atoms with Crippen molar-refractivity contribution in [2.45, 2.75) is 52.5 Å². The largest absolute Gasteiger partial charge is 0.573 e. The lowest BCUT2D eigenvalue weighted by atomic mass is 9.98. The van der Waals surface area contributed by atoms with Crippen LogP contribution >= 0.6 is 0 Å². The summed E-state index contributed by atoms with van der Waals surface area (Å²) in [4.78, 5) is 23.9. The van der Waals surface area contributed by atoms with E-state index in [1.165, 1.54) is 12.1 Å². The molecule has 30 heavy (non-hydrogen) atoms. The Balaban J connectivity index is 2.05. The van der Waals surface area contributed by atoms with Gasteiger partial charge in [0.2, 0.25) is 0 Å². The van der Waals surface area contributed by atoms with Gasteiger partial charge in [-0.2, -0.15) is 0 Å². The molecular weight excluding hydrogens is 399 g/mol. The van der Waals surface area contributed by atoms with Gasteiger partial charge in [0.25, 0.3) is 5.91 Å². The average molecular weight is 423 g/mol. The molecule has 0 bridgehead atoms. The van der Waals surface area contributed by atoms with Crippen LogP contribution in [-0.2, 0) is 11.2 Å². The Kier molecular flexibility index (Phi) is 6.80. The Bertz CT molecular complexity index is 911. The van der Waals surface area contributed by atoms with Crippen molar-refractivity contribution in [2.24, 2.45) is 5.73 Å². The lowest BCUT2D eigenvalue weighted by Crippen LogP contribution is -2.43. The molecular formula is C22H24F3NO4. The van der Waals surface area contributed by atoms with Crippen molar-refractivity contribution in [1.82, 2.24) is 0 Å². The third kappa shape index (κ3) is 6.23. The number of aryl methyl sites for hydroxylation is 3. The number of Topliss-reactive ketones (excluding diaryl/α,β-unsaturated/α-hetero) is 1. The molecule has 5 nitrogen and oxygen atoms in total. The van der Waals surface area contributed by atoms with Gasteiger partial charge < -0.3 is 15.2 Å². The van der Waals surface area contributed by atoms with E-state index in [9.17, 15) is 22.8 Å². The van der Waals surface area contributed by atoms with Gasteiger partial charge in [-0.3, -0.25) is 9.59 Å². The maximum atomic E-state index is 12.4. The quantitative estimate of drug-likeness (QED) is 0.627. The van der Waals surface area contributed by atoms with Crippen molar-refractivity contribution in [2.75, 3.05) is 0 Å². The normalized spacial score (nSPS) is 11.8. The van der Waals surface area contributed by atoms with Gasteiger partial charge in [0.1, 0.15) is 11.5 Å². The molecule has 2 aromatic carbocycles. The summed E-state index contributed by atoms with van der Waals surface area (Å²) in [5, 5.41) is 0. The smallest absolute Gasteiger partial charge is 0.477 e. The van der Waals surface area contributed by atoms with Gasteiger partial charge in [0, 0.05) is 12.0 Å². The zero-order valence-electron chi connectivity index (χ0n) is 17.2. The summed E-state index contributed by atoms with van der Waals surface area (Å²) in [6.07, 6.45) is -4.14. The van der Waals surface area contributed by atoms with E-state index in [2.05, 4.69) is 4.74 Å². The molecule has 0 aliphatic carbocycles. The first-order chi connectivity index (χ1) is 13.8. The van der Waals surface area contributed by atoms with E-state index in [4.69, 9.17) is 10.5 Å². The Morgan fingerprint density at radius 1 is 0.967 bits per heavy atom. The first-order valence-electron chi connectivity index (χ1n) is 9.26. The van der Waals surface area contributed by atoms with Gasteiger partial charge >= 0.3 is 6.36 Å². The topological polar surface area (TPSA) is 78.6 Å². The maximum Gasteiger partial charge on any atom is 0.573 e. The predicted octanol–water partition coefficient (Wildman–Crippen LogP) is 4.66. The second kappa shape index (κ2) is 8.77. The number of benzene rings is 2. The first-order valence-corrected chi connectivity index (χ1v) is 9.26. The highest BCUT2D eigenvalue weighted by atomic mass is 19.4. The molecule has 0 aromatic heterocycles. The first kappa shape index (κ1) is 23.3. The second-order valence-electron chi connectivity index (χ2n) is 7.53. The van der Waals surface area contributed by atoms with Crippen LogP contribution in [0.3, 0.4) is 0 Å². The summed E-state index contributed by atoms with van der Waals surface area (Å²) in [5.41, 5.74) is 7.02. The van der Waals surface area contributed by atoms with Crippen molar-refractivity contribution in [1.29, 1.82) is 0 Å². The molecule has 2 N–H and O–H groups in total. The summed E-state index contributed by atoms with van der Waals surface area (Å²) < 4.78 is 46.2. The van der Waals surface area contributed by atoms with E-state index in [1.807, 2.05) is 26.0 Å². The molecule has 0 aliphatic rings. The molecule has 0 atom stereocenters. The van der Waals surface area contributed by atoms with E-state index in [-0.39, 0.29) is 18.0 Å². The van der Waals surface area contributed by atoms with Gasteiger partial charge in [-0.05, 0) is 75.1 Å². The van der Waals surface area contributed by atoms with Crippen molar-refractivity contribution in [3.05, 3.63) is 58.7 Å². The molecule has 0 unspecified atom stereocenters. The molecule has 162 valence electrons. The highest BCUT2D eigenvalue weighted by Crippen LogP contribution is 2.29. The number of ketones is 1. The van der Waals surface area contributed by atoms with Gasteiger partial charge in [0.15, 0.2) is 11.4 Å². The van der Waals surface area contributed by atoms with Crippen LogP contribution in [0.1, 0.15) is 47.3 Å². The zero-order chi connectivity index (χ0) is 22.7. The minimum absolute atomic E-state index is 0.186. The van der Waals surface area contributed by atoms with Crippen LogP contribution in [-0.4, -0.2) is 23.7 Å². The van der Waals surface area contributed by atoms with Gasteiger partial charge in [-0.15, -0.1) is 13.2 Å². The fourth-order valence-electron chi connectivity index (χ4n) is 2.90. The number of carbonyl (C=O) groups excluding carboxylic acids is 2. The highest BCUT2D eigenvalue weighted by Gasteiger charge is 2.31. The van der Waals surface area contributed by atoms with Crippen LogP contribution in [0.4, 0.5) is 13.2 Å². The standard InChI is InChI=1S/C22H24F3NO4/c1-13-11-15(12-14(2)19(13)30-21(3,4)20(26)28)5-10-18(27)16-6-8-17(9-7-16)29-22(23,24)25/h6-9,11-12H,5,10H2,1-4H3,(H2,26,28). The number of alkyl halides is 3. The van der Waals surface area contributed by atoms with Crippen molar-refractivity contribution >= 4 is 11.7 Å². The van der Waals surface area contributed by atoms with Crippen molar-refractivity contribution in [3.63, 3.8) is 0 Å². The number of amides is 1. The Hall–Kier alpha value is -3.03. The molecule has 8 heteroatoms. The van der Waals surface area contributed by atoms with Gasteiger partial charge in [-0.25, -0.2) is 0 Å². The fourth-order valence-corrected chi connectivity index (χ4v) is 2.90. The lowest BCUT2D eigenvalue weighted by Gasteiger charge is -2.25. The third-order valence-electron chi connectivity index (χ3n) is 4.52. The fraction of sp³-hybridized carbons (Fsp3) is 0.364. The van der Waals surface area contributed by atoms with Crippen molar-refractivity contribution < 1.29 is 32.2 Å². The molecule has 0 saturated carbocycles. The molecule has 0 fully saturated rings. The Morgan fingerprint density at radius 2 is 1.50 bits per heavy atom. The third-order valence-corrected chi connectivity index (χ3v) is 4.52. The summed E-state index contributed by atoms with van der Waals surface area (Å²) in [6, 6.07) is 8.58. The molecule has 0 heterocycles. The molecule has 2 rings (SSSR count). The molecule has 1 amide bonds. The SMILES string of the molecule is Cc1cc(CCC(=O)c2ccc(OC(F)(F)F)cc2)cc(C)c1OC(C)(C)C(N)=O. The number of hydrogen-bond acceptors (Lipinski definition) is 4. The maximum absolute atomic E-state index is 12.4. The summed E-state index contributed by atoms with van der Waals surface area (Å²) in [6.45, 7) is 6.85. The number of primary amides is 1. The van der Waals surface area contributed by atoms with Crippen LogP contribution in [0.5, 0.6) is 11.5 Å². The van der Waals surface area contributed by atoms with E-state index in [1.54, 1.807) is 13.8 Å². The minimum atomic E-state index is -4.77. The molecule has 0 saturated heterocycles. The van der Waals surface area contributed by atoms with Gasteiger partial charge in [-0.1, -0.05) is 12.1 Å². The number of hydrogen-bond donors (Lipinski definition) is 1. The van der Waals surface area contributed by atoms with Crippen LogP contribution in [0, 0.1) is 13.8 Å². The zero-order valence-corrected chi connectivity index (χ0v) is 17.2. The monoisotopic (exact) mass is 423 g/mol. The predicted molar refractivity (Wildman–Crippen MR) is 106 cm³/mol. The lowest BCUT2D eigenvalue weighted by molar-refractivity contribution is -0.274. The molecule has 0 radical (unpaired) electrons. The number of ether oxygens (including phenoxy) is 2. The average Bonchev–Trinajstić information content (AvgIpc) is 2.62. The Morgan fingerprint density at radius 3 is 1.97 bits per heavy atom. The van der Waals surface area contributed by atoms with Crippen molar-refractivity contribution in [3.8, 4) is 11.5 Å². The van der Waals surface area contributed by atoms with E-state index in [0.717, 1.165) is 28.8 Å². The van der Waals surface area contributed by atoms with Crippen LogP contribution in [0.25, 0.3) is 0 Å². The Labute approximate surface area is 173 Å². The second-order valence-corrected chi connectivity index (χ2v) is 7.53. The number of halogens is 3. The molecule has 2 aromatic rings. The summed E-state index contributed by atoms with van der Waals surface area (Å²) in [5.74, 6) is -0.587. The van der Waals surface area contributed by atoms with E-state index < -0.39 is 17.9 Å². The van der Waals surface area contributed by atoms with Crippen LogP contribution in [0.15, 0.2) is 36.4 Å². The molecule has 0 aliphatic heterocycles. The summed E-state index contributed by atoms with van der Waals surface area (Å²) >= 11 is 0. The molecule has 0 spiro atoms. The number of rotatable bonds is 8. The highest BCUT2D eigenvalue weighted by molar-refractivity contribution is 5.96. The van der Waals surface area contributed by atoms with E-state index >= 15 is 0 Å². The summed E-state index contributed by atoms with van der Waals surface area (Å²) in [7, 11) is 0. The number of nitrogens with two attached hydrogens (primary N) is 1. The van der Waals surface area contributed by atoms with Crippen LogP contribution < -0.4 is 15.2 Å².